The van der Waals surface area contributed by atoms with Crippen LogP contribution in [0.2, 0.25) is 0 Å². The summed E-state index contributed by atoms with van der Waals surface area (Å²) in [6.07, 6.45) is 0. The number of benzene rings is 9. The van der Waals surface area contributed by atoms with Gasteiger partial charge in [0.05, 0.1) is 16.8 Å². The van der Waals surface area contributed by atoms with Gasteiger partial charge >= 0.3 is 0 Å². The summed E-state index contributed by atoms with van der Waals surface area (Å²) < 4.78 is 12.0. The first-order valence-corrected chi connectivity index (χ1v) is 21.2. The lowest BCUT2D eigenvalue weighted by Crippen LogP contribution is -2.11. The molecule has 3 heterocycles. The van der Waals surface area contributed by atoms with Crippen molar-refractivity contribution in [2.45, 2.75) is 0 Å². The van der Waals surface area contributed by atoms with E-state index in [1.54, 1.807) is 0 Å². The molecule has 0 N–H and O–H groups in total. The first-order chi connectivity index (χ1) is 28.7. The number of nitrogens with zero attached hydrogens (tertiary/aromatic N) is 1. The molecule has 12 rings (SSSR count). The van der Waals surface area contributed by atoms with Gasteiger partial charge in [0.2, 0.25) is 0 Å². The molecule has 58 heavy (non-hydrogen) atoms. The van der Waals surface area contributed by atoms with Crippen LogP contribution >= 0.6 is 22.7 Å². The van der Waals surface area contributed by atoms with Crippen LogP contribution in [0.3, 0.4) is 0 Å². The van der Waals surface area contributed by atoms with Crippen molar-refractivity contribution in [2.24, 2.45) is 0 Å². The molecular weight excluding hydrogens is 743 g/mol. The smallest absolute Gasteiger partial charge is 0.145 e. The average Bonchev–Trinajstić information content (AvgIpc) is 3.99. The van der Waals surface area contributed by atoms with Gasteiger partial charge in [-0.15, -0.1) is 22.7 Å². The Hall–Kier alpha value is -6.98. The van der Waals surface area contributed by atoms with Crippen LogP contribution < -0.4 is 4.90 Å². The predicted octanol–water partition coefficient (Wildman–Crippen LogP) is 16.8. The fraction of sp³-hybridized carbons (Fsp3) is 0. The van der Waals surface area contributed by atoms with Crippen LogP contribution in [0.5, 0.6) is 0 Å². The van der Waals surface area contributed by atoms with E-state index in [2.05, 4.69) is 205 Å². The number of para-hydroxylation sites is 1. The van der Waals surface area contributed by atoms with Crippen molar-refractivity contribution in [3.63, 3.8) is 0 Å². The van der Waals surface area contributed by atoms with E-state index in [1.807, 2.05) is 22.7 Å². The Kier molecular flexibility index (Phi) is 7.62. The van der Waals surface area contributed by atoms with Gasteiger partial charge in [-0.1, -0.05) is 140 Å². The first kappa shape index (κ1) is 33.2. The standard InChI is InChI=1S/C54H33NOS2/c1-4-14-34(15-5-1)37-24-26-43-50(31-37)58-51-32-38(35-16-6-2-7-17-35)30-46(52(43)51)55(39-25-29-49-44(33-39)41-20-11-13-23-48(41)57-49)45-28-27-40(36-18-8-3-9-19-36)54-53(45)42-21-10-12-22-47(42)56-54/h1-33H. The molecule has 0 unspecified atom stereocenters. The molecule has 2 nitrogen and oxygen atoms in total. The lowest BCUT2D eigenvalue weighted by molar-refractivity contribution is 0.670. The minimum absolute atomic E-state index is 0.874. The second-order valence-electron chi connectivity index (χ2n) is 14.8. The Morgan fingerprint density at radius 1 is 0.345 bits per heavy atom. The summed E-state index contributed by atoms with van der Waals surface area (Å²) in [5.41, 5.74) is 12.1. The number of thiophene rings is 2. The molecule has 0 radical (unpaired) electrons. The number of fused-ring (bicyclic) bond motifs is 9. The van der Waals surface area contributed by atoms with Crippen molar-refractivity contribution in [3.8, 4) is 33.4 Å². The van der Waals surface area contributed by atoms with E-state index in [0.717, 1.165) is 50.1 Å². The van der Waals surface area contributed by atoms with E-state index in [1.165, 1.54) is 62.6 Å². The second kappa shape index (κ2) is 13.3. The zero-order valence-electron chi connectivity index (χ0n) is 31.2. The van der Waals surface area contributed by atoms with Gasteiger partial charge < -0.3 is 9.32 Å². The summed E-state index contributed by atoms with van der Waals surface area (Å²) in [5.74, 6) is 0. The van der Waals surface area contributed by atoms with Crippen LogP contribution in [0.4, 0.5) is 17.1 Å². The number of hydrogen-bond donors (Lipinski definition) is 0. The minimum atomic E-state index is 0.874. The molecule has 0 aliphatic rings. The van der Waals surface area contributed by atoms with Crippen molar-refractivity contribution in [1.29, 1.82) is 0 Å². The molecule has 9 aromatic carbocycles. The molecule has 0 fully saturated rings. The van der Waals surface area contributed by atoms with Gasteiger partial charge in [0.15, 0.2) is 0 Å². The van der Waals surface area contributed by atoms with Crippen LogP contribution in [0.25, 0.3) is 95.7 Å². The van der Waals surface area contributed by atoms with E-state index < -0.39 is 0 Å². The third-order valence-corrected chi connectivity index (χ3v) is 13.7. The quantitative estimate of drug-likeness (QED) is 0.167. The van der Waals surface area contributed by atoms with Gasteiger partial charge in [0.1, 0.15) is 11.2 Å². The molecule has 0 aliphatic heterocycles. The molecule has 12 aromatic rings. The maximum atomic E-state index is 6.88. The second-order valence-corrected chi connectivity index (χ2v) is 17.0. The fourth-order valence-corrected chi connectivity index (χ4v) is 11.1. The van der Waals surface area contributed by atoms with Gasteiger partial charge in [0.25, 0.3) is 0 Å². The fourth-order valence-electron chi connectivity index (χ4n) is 8.77. The summed E-state index contributed by atoms with van der Waals surface area (Å²) >= 11 is 3.72. The first-order valence-electron chi connectivity index (χ1n) is 19.6. The Balaban J connectivity index is 1.21. The summed E-state index contributed by atoms with van der Waals surface area (Å²) in [4.78, 5) is 2.51. The Morgan fingerprint density at radius 3 is 1.78 bits per heavy atom. The summed E-state index contributed by atoms with van der Waals surface area (Å²) in [6.45, 7) is 0. The van der Waals surface area contributed by atoms with Crippen LogP contribution in [0.1, 0.15) is 0 Å². The molecule has 4 heteroatoms. The molecule has 3 aromatic heterocycles. The lowest BCUT2D eigenvalue weighted by atomic mass is 9.97. The van der Waals surface area contributed by atoms with E-state index >= 15 is 0 Å². The van der Waals surface area contributed by atoms with E-state index in [9.17, 15) is 0 Å². The molecule has 0 saturated carbocycles. The van der Waals surface area contributed by atoms with Crippen LogP contribution in [0.15, 0.2) is 205 Å². The number of anilines is 3. The van der Waals surface area contributed by atoms with Crippen LogP contribution in [-0.2, 0) is 0 Å². The number of furan rings is 1. The molecule has 272 valence electrons. The van der Waals surface area contributed by atoms with E-state index in [0.29, 0.717) is 0 Å². The highest BCUT2D eigenvalue weighted by molar-refractivity contribution is 7.26. The summed E-state index contributed by atoms with van der Waals surface area (Å²) in [6, 6.07) is 72.7. The topological polar surface area (TPSA) is 16.4 Å². The Morgan fingerprint density at radius 2 is 0.983 bits per heavy atom. The van der Waals surface area contributed by atoms with Gasteiger partial charge in [-0.2, -0.15) is 0 Å². The van der Waals surface area contributed by atoms with Crippen molar-refractivity contribution in [1.82, 2.24) is 0 Å². The molecule has 0 spiro atoms. The van der Waals surface area contributed by atoms with Crippen LogP contribution in [-0.4, -0.2) is 0 Å². The van der Waals surface area contributed by atoms with Gasteiger partial charge in [-0.3, -0.25) is 0 Å². The van der Waals surface area contributed by atoms with E-state index in [-0.39, 0.29) is 0 Å². The highest BCUT2D eigenvalue weighted by Crippen LogP contribution is 2.52. The zero-order chi connectivity index (χ0) is 38.2. The highest BCUT2D eigenvalue weighted by atomic mass is 32.1. The molecule has 0 saturated heterocycles. The van der Waals surface area contributed by atoms with E-state index in [4.69, 9.17) is 4.42 Å². The third-order valence-electron chi connectivity index (χ3n) is 11.5. The molecule has 0 bridgehead atoms. The number of hydrogen-bond acceptors (Lipinski definition) is 4. The predicted molar refractivity (Wildman–Crippen MR) is 250 cm³/mol. The SMILES string of the molecule is c1ccc(-c2ccc3c(c2)sc2cc(-c4ccccc4)cc(N(c4ccc5sc6ccccc6c5c4)c4ccc(-c5ccccc5)c5oc6ccccc6c45)c23)cc1. The highest BCUT2D eigenvalue weighted by Gasteiger charge is 2.26. The van der Waals surface area contributed by atoms with Gasteiger partial charge in [0, 0.05) is 57.0 Å². The van der Waals surface area contributed by atoms with Crippen molar-refractivity contribution in [3.05, 3.63) is 200 Å². The maximum absolute atomic E-state index is 6.88. The summed E-state index contributed by atoms with van der Waals surface area (Å²) in [7, 11) is 0. The molecule has 0 aliphatic carbocycles. The average molecular weight is 776 g/mol. The zero-order valence-corrected chi connectivity index (χ0v) is 32.9. The molecule has 0 atom stereocenters. The van der Waals surface area contributed by atoms with Gasteiger partial charge in [-0.05, 0) is 88.5 Å². The molecule has 0 amide bonds. The lowest BCUT2D eigenvalue weighted by Gasteiger charge is -2.28. The Bertz CT molecular complexity index is 3510. The largest absolute Gasteiger partial charge is 0.455 e. The number of rotatable bonds is 6. The summed E-state index contributed by atoms with van der Waals surface area (Å²) in [5, 5.41) is 7.21. The maximum Gasteiger partial charge on any atom is 0.145 e. The van der Waals surface area contributed by atoms with Crippen molar-refractivity contribution in [2.75, 3.05) is 4.90 Å². The van der Waals surface area contributed by atoms with Gasteiger partial charge in [-0.25, -0.2) is 0 Å². The molecular formula is C54H33NOS2. The third kappa shape index (κ3) is 5.30. The monoisotopic (exact) mass is 775 g/mol. The Labute approximate surface area is 343 Å². The normalized spacial score (nSPS) is 11.8. The minimum Gasteiger partial charge on any atom is -0.455 e. The van der Waals surface area contributed by atoms with Crippen molar-refractivity contribution < 1.29 is 4.42 Å². The van der Waals surface area contributed by atoms with Crippen molar-refractivity contribution >= 4 is 102 Å². The van der Waals surface area contributed by atoms with Crippen LogP contribution in [0, 0.1) is 0 Å².